The predicted molar refractivity (Wildman–Crippen MR) is 98.9 cm³/mol. The summed E-state index contributed by atoms with van der Waals surface area (Å²) in [6.07, 6.45) is 8.49. The van der Waals surface area contributed by atoms with Crippen LogP contribution >= 0.6 is 0 Å². The molecule has 2 heterocycles. The topological polar surface area (TPSA) is 0 Å². The average Bonchev–Trinajstić information content (AvgIpc) is 2.38. The standard InChI is InChI=1S/C11H24N.C9H20N/c1-5-6-12(4)8-10(2)7-11(3)9-12;1-3-7-10(2)8-5-4-6-9-10/h10-11H,5-9H2,1-4H3;3-9H2,1-2H3/q2*+1. The van der Waals surface area contributed by atoms with E-state index in [4.69, 9.17) is 0 Å². The van der Waals surface area contributed by atoms with Crippen LogP contribution in [0, 0.1) is 11.8 Å². The van der Waals surface area contributed by atoms with E-state index in [0.29, 0.717) is 0 Å². The zero-order chi connectivity index (χ0) is 16.6. The molecule has 2 aliphatic heterocycles. The van der Waals surface area contributed by atoms with Crippen molar-refractivity contribution in [1.29, 1.82) is 0 Å². The SMILES string of the molecule is CCC[N+]1(C)CC(C)CC(C)C1.CCC[N+]1(C)CCCCC1. The van der Waals surface area contributed by atoms with Crippen LogP contribution in [0.4, 0.5) is 0 Å². The number of hydrogen-bond donors (Lipinski definition) is 0. The first kappa shape index (κ1) is 20.0. The van der Waals surface area contributed by atoms with Crippen LogP contribution in [0.25, 0.3) is 0 Å². The third kappa shape index (κ3) is 7.00. The molecule has 0 aromatic heterocycles. The van der Waals surface area contributed by atoms with Gasteiger partial charge in [-0.05, 0) is 38.5 Å². The van der Waals surface area contributed by atoms with E-state index in [9.17, 15) is 0 Å². The van der Waals surface area contributed by atoms with Crippen LogP contribution in [0.2, 0.25) is 0 Å². The second kappa shape index (κ2) is 9.27. The van der Waals surface area contributed by atoms with Gasteiger partial charge in [0.2, 0.25) is 0 Å². The Hall–Kier alpha value is -0.0800. The van der Waals surface area contributed by atoms with E-state index in [1.54, 1.807) is 0 Å². The zero-order valence-corrected chi connectivity index (χ0v) is 16.5. The lowest BCUT2D eigenvalue weighted by atomic mass is 9.90. The van der Waals surface area contributed by atoms with Crippen LogP contribution in [0.3, 0.4) is 0 Å². The zero-order valence-electron chi connectivity index (χ0n) is 16.5. The van der Waals surface area contributed by atoms with E-state index in [-0.39, 0.29) is 0 Å². The second-order valence-electron chi connectivity index (χ2n) is 9.01. The van der Waals surface area contributed by atoms with Gasteiger partial charge in [-0.15, -0.1) is 0 Å². The molecule has 2 saturated heterocycles. The summed E-state index contributed by atoms with van der Waals surface area (Å²) in [4.78, 5) is 0. The Morgan fingerprint density at radius 1 is 0.727 bits per heavy atom. The van der Waals surface area contributed by atoms with Gasteiger partial charge in [-0.3, -0.25) is 0 Å². The molecule has 2 unspecified atom stereocenters. The molecule has 2 heteroatoms. The molecule has 0 saturated carbocycles. The summed E-state index contributed by atoms with van der Waals surface area (Å²) >= 11 is 0. The Morgan fingerprint density at radius 3 is 1.64 bits per heavy atom. The lowest BCUT2D eigenvalue weighted by molar-refractivity contribution is -0.920. The van der Waals surface area contributed by atoms with E-state index in [0.717, 1.165) is 11.8 Å². The Labute approximate surface area is 141 Å². The molecular formula is C20H44N2+2. The van der Waals surface area contributed by atoms with Crippen molar-refractivity contribution in [3.63, 3.8) is 0 Å². The van der Waals surface area contributed by atoms with Gasteiger partial charge in [-0.2, -0.15) is 0 Å². The van der Waals surface area contributed by atoms with Crippen LogP contribution in [0.15, 0.2) is 0 Å². The molecule has 22 heavy (non-hydrogen) atoms. The maximum absolute atomic E-state index is 2.43. The number of hydrogen-bond acceptors (Lipinski definition) is 0. The fourth-order valence-corrected chi connectivity index (χ4v) is 5.18. The summed E-state index contributed by atoms with van der Waals surface area (Å²) in [6.45, 7) is 17.8. The molecule has 0 N–H and O–H groups in total. The Morgan fingerprint density at radius 2 is 1.18 bits per heavy atom. The van der Waals surface area contributed by atoms with E-state index in [1.807, 2.05) is 0 Å². The Bertz CT molecular complexity index is 279. The number of likely N-dealkylation sites (tertiary alicyclic amines) is 2. The first-order chi connectivity index (χ1) is 10.3. The quantitative estimate of drug-likeness (QED) is 0.668. The summed E-state index contributed by atoms with van der Waals surface area (Å²) in [7, 11) is 4.83. The highest BCUT2D eigenvalue weighted by molar-refractivity contribution is 4.65. The van der Waals surface area contributed by atoms with Gasteiger partial charge >= 0.3 is 0 Å². The highest BCUT2D eigenvalue weighted by Crippen LogP contribution is 2.25. The van der Waals surface area contributed by atoms with Crippen LogP contribution in [0.5, 0.6) is 0 Å². The van der Waals surface area contributed by atoms with E-state index < -0.39 is 0 Å². The smallest absolute Gasteiger partial charge is 0.0810 e. The first-order valence-electron chi connectivity index (χ1n) is 9.99. The van der Waals surface area contributed by atoms with Crippen LogP contribution in [-0.4, -0.2) is 62.3 Å². The van der Waals surface area contributed by atoms with Gasteiger partial charge < -0.3 is 8.97 Å². The third-order valence-corrected chi connectivity index (χ3v) is 5.73. The minimum Gasteiger partial charge on any atom is -0.326 e. The van der Waals surface area contributed by atoms with E-state index in [1.165, 1.54) is 86.8 Å². The monoisotopic (exact) mass is 312 g/mol. The Kier molecular flexibility index (Phi) is 8.42. The molecule has 0 bridgehead atoms. The molecule has 0 amide bonds. The fraction of sp³-hybridized carbons (Fsp3) is 1.00. The van der Waals surface area contributed by atoms with Gasteiger partial charge in [-0.25, -0.2) is 0 Å². The molecule has 2 atom stereocenters. The van der Waals surface area contributed by atoms with Gasteiger partial charge in [0, 0.05) is 11.8 Å². The number of rotatable bonds is 4. The fourth-order valence-electron chi connectivity index (χ4n) is 5.18. The third-order valence-electron chi connectivity index (χ3n) is 5.73. The van der Waals surface area contributed by atoms with Gasteiger partial charge in [-0.1, -0.05) is 27.7 Å². The van der Waals surface area contributed by atoms with Crippen molar-refractivity contribution in [2.75, 3.05) is 53.4 Å². The lowest BCUT2D eigenvalue weighted by Crippen LogP contribution is -2.53. The van der Waals surface area contributed by atoms with Gasteiger partial charge in [0.1, 0.15) is 0 Å². The van der Waals surface area contributed by atoms with Crippen molar-refractivity contribution in [2.45, 2.75) is 66.2 Å². The summed E-state index contributed by atoms with van der Waals surface area (Å²) < 4.78 is 2.66. The van der Waals surface area contributed by atoms with E-state index in [2.05, 4.69) is 41.8 Å². The van der Waals surface area contributed by atoms with Crippen LogP contribution in [0.1, 0.15) is 66.2 Å². The molecule has 2 fully saturated rings. The summed E-state index contributed by atoms with van der Waals surface area (Å²) in [5.41, 5.74) is 0. The van der Waals surface area contributed by atoms with Crippen molar-refractivity contribution in [2.24, 2.45) is 11.8 Å². The highest BCUT2D eigenvalue weighted by Gasteiger charge is 2.32. The van der Waals surface area contributed by atoms with Crippen LogP contribution in [-0.2, 0) is 0 Å². The van der Waals surface area contributed by atoms with Crippen molar-refractivity contribution in [1.82, 2.24) is 0 Å². The molecule has 0 aromatic rings. The molecule has 2 nitrogen and oxygen atoms in total. The average molecular weight is 313 g/mol. The minimum absolute atomic E-state index is 0.935. The maximum Gasteiger partial charge on any atom is 0.0810 e. The largest absolute Gasteiger partial charge is 0.326 e. The molecule has 2 aliphatic rings. The van der Waals surface area contributed by atoms with Crippen molar-refractivity contribution in [3.05, 3.63) is 0 Å². The molecule has 2 rings (SSSR count). The number of quaternary nitrogens is 2. The molecule has 0 aromatic carbocycles. The highest BCUT2D eigenvalue weighted by atomic mass is 15.3. The van der Waals surface area contributed by atoms with Crippen molar-refractivity contribution < 1.29 is 8.97 Å². The minimum atomic E-state index is 0.935. The van der Waals surface area contributed by atoms with E-state index >= 15 is 0 Å². The molecule has 0 radical (unpaired) electrons. The predicted octanol–water partition coefficient (Wildman–Crippen LogP) is 4.55. The van der Waals surface area contributed by atoms with Gasteiger partial charge in [0.05, 0.1) is 53.4 Å². The summed E-state index contributed by atoms with van der Waals surface area (Å²) in [6, 6.07) is 0. The number of nitrogens with zero attached hydrogens (tertiary/aromatic N) is 2. The normalized spacial score (nSPS) is 34.6. The van der Waals surface area contributed by atoms with Gasteiger partial charge in [0.25, 0.3) is 0 Å². The molecule has 0 spiro atoms. The second-order valence-corrected chi connectivity index (χ2v) is 9.01. The van der Waals surface area contributed by atoms with Crippen molar-refractivity contribution in [3.8, 4) is 0 Å². The summed E-state index contributed by atoms with van der Waals surface area (Å²) in [5, 5.41) is 0. The maximum atomic E-state index is 2.43. The molecule has 132 valence electrons. The first-order valence-corrected chi connectivity index (χ1v) is 9.99. The molecule has 0 aliphatic carbocycles. The van der Waals surface area contributed by atoms with Crippen molar-refractivity contribution >= 4 is 0 Å². The number of piperidine rings is 2. The van der Waals surface area contributed by atoms with Crippen LogP contribution < -0.4 is 0 Å². The molecular weight excluding hydrogens is 268 g/mol. The lowest BCUT2D eigenvalue weighted by Gasteiger charge is -2.43. The van der Waals surface area contributed by atoms with Gasteiger partial charge in [0.15, 0.2) is 0 Å². The Balaban J connectivity index is 0.000000224. The summed E-state index contributed by atoms with van der Waals surface area (Å²) in [5.74, 6) is 1.87.